The Labute approximate surface area is 134 Å². The average Bonchev–Trinajstić information content (AvgIpc) is 3.05. The second-order valence-corrected chi connectivity index (χ2v) is 6.07. The van der Waals surface area contributed by atoms with Crippen LogP contribution in [0.3, 0.4) is 0 Å². The van der Waals surface area contributed by atoms with Gasteiger partial charge in [-0.1, -0.05) is 11.3 Å². The molecule has 118 valence electrons. The number of fused-ring (bicyclic) bond motifs is 1. The highest BCUT2D eigenvalue weighted by Gasteiger charge is 2.15. The molecular formula is C15H13FN4O2S. The summed E-state index contributed by atoms with van der Waals surface area (Å²) in [5.41, 5.74) is 7.45. The lowest BCUT2D eigenvalue weighted by Crippen LogP contribution is -2.14. The molecule has 3 rings (SSSR count). The number of nitrogens with zero attached hydrogens (tertiary/aromatic N) is 1. The smallest absolute Gasteiger partial charge is 0.260 e. The van der Waals surface area contributed by atoms with Crippen molar-refractivity contribution in [2.45, 2.75) is 13.3 Å². The number of carbonyl (C=O) groups excluding carboxylic acids is 2. The fourth-order valence-corrected chi connectivity index (χ4v) is 3.04. The Balaban J connectivity index is 1.81. The Morgan fingerprint density at radius 1 is 1.43 bits per heavy atom. The monoisotopic (exact) mass is 332 g/mol. The quantitative estimate of drug-likeness (QED) is 0.683. The molecule has 0 aliphatic heterocycles. The summed E-state index contributed by atoms with van der Waals surface area (Å²) in [5, 5.41) is 3.59. The van der Waals surface area contributed by atoms with E-state index in [9.17, 15) is 14.0 Å². The molecule has 0 atom stereocenters. The molecule has 1 aromatic carbocycles. The van der Waals surface area contributed by atoms with Crippen molar-refractivity contribution < 1.29 is 14.0 Å². The molecule has 0 saturated carbocycles. The zero-order chi connectivity index (χ0) is 16.6. The Kier molecular flexibility index (Phi) is 3.83. The fraction of sp³-hybridized carbons (Fsp3) is 0.133. The molecule has 0 saturated heterocycles. The van der Waals surface area contributed by atoms with Crippen molar-refractivity contribution in [3.8, 4) is 0 Å². The number of aromatic amines is 1. The maximum atomic E-state index is 13.4. The first-order chi connectivity index (χ1) is 10.9. The summed E-state index contributed by atoms with van der Waals surface area (Å²) < 4.78 is 13.4. The Morgan fingerprint density at radius 2 is 2.22 bits per heavy atom. The van der Waals surface area contributed by atoms with Gasteiger partial charge in [0.2, 0.25) is 5.91 Å². The van der Waals surface area contributed by atoms with E-state index >= 15 is 0 Å². The van der Waals surface area contributed by atoms with Crippen LogP contribution in [0.2, 0.25) is 0 Å². The summed E-state index contributed by atoms with van der Waals surface area (Å²) in [7, 11) is 0. The van der Waals surface area contributed by atoms with Gasteiger partial charge in [-0.05, 0) is 30.7 Å². The summed E-state index contributed by atoms with van der Waals surface area (Å²) in [6.07, 6.45) is 1.38. The fourth-order valence-electron chi connectivity index (χ4n) is 2.35. The maximum Gasteiger partial charge on any atom is 0.260 e. The van der Waals surface area contributed by atoms with Gasteiger partial charge in [0.15, 0.2) is 5.13 Å². The molecule has 0 aliphatic rings. The van der Waals surface area contributed by atoms with Gasteiger partial charge < -0.3 is 16.0 Å². The topological polar surface area (TPSA) is 101 Å². The number of primary amides is 1. The van der Waals surface area contributed by atoms with Crippen LogP contribution in [0, 0.1) is 12.7 Å². The third kappa shape index (κ3) is 3.07. The second kappa shape index (κ2) is 5.81. The number of aryl methyl sites for hydroxylation is 1. The number of halogens is 1. The number of hydrogen-bond acceptors (Lipinski definition) is 4. The molecule has 0 bridgehead atoms. The van der Waals surface area contributed by atoms with Crippen LogP contribution < -0.4 is 11.1 Å². The van der Waals surface area contributed by atoms with E-state index in [2.05, 4.69) is 15.3 Å². The van der Waals surface area contributed by atoms with Gasteiger partial charge in [0.05, 0.1) is 12.6 Å². The molecular weight excluding hydrogens is 319 g/mol. The van der Waals surface area contributed by atoms with Crippen molar-refractivity contribution >= 4 is 39.2 Å². The second-order valence-electron chi connectivity index (χ2n) is 5.04. The standard InChI is InChI=1S/C15H13FN4O2S/c1-7-9(10-4-8(16)2-3-11(10)19-7)5-13(21)20-15-18-6-12(23-15)14(17)22/h2-4,6,19H,5H2,1H3,(H2,17,22)(H,18,20,21). The number of H-pyrrole nitrogens is 1. The lowest BCUT2D eigenvalue weighted by atomic mass is 10.1. The number of rotatable bonds is 4. The zero-order valence-electron chi connectivity index (χ0n) is 12.1. The highest BCUT2D eigenvalue weighted by molar-refractivity contribution is 7.17. The Bertz CT molecular complexity index is 915. The van der Waals surface area contributed by atoms with E-state index in [-0.39, 0.29) is 23.0 Å². The van der Waals surface area contributed by atoms with Crippen molar-refractivity contribution in [1.29, 1.82) is 0 Å². The number of amides is 2. The van der Waals surface area contributed by atoms with Crippen molar-refractivity contribution in [2.24, 2.45) is 5.73 Å². The van der Waals surface area contributed by atoms with Crippen molar-refractivity contribution in [2.75, 3.05) is 5.32 Å². The van der Waals surface area contributed by atoms with E-state index in [4.69, 9.17) is 5.73 Å². The summed E-state index contributed by atoms with van der Waals surface area (Å²) in [4.78, 5) is 30.5. The summed E-state index contributed by atoms with van der Waals surface area (Å²) in [5.74, 6) is -1.25. The zero-order valence-corrected chi connectivity index (χ0v) is 13.0. The van der Waals surface area contributed by atoms with Crippen LogP contribution in [0.25, 0.3) is 10.9 Å². The molecule has 23 heavy (non-hydrogen) atoms. The number of anilines is 1. The van der Waals surface area contributed by atoms with Crippen molar-refractivity contribution in [3.63, 3.8) is 0 Å². The van der Waals surface area contributed by atoms with Crippen LogP contribution in [0.15, 0.2) is 24.4 Å². The van der Waals surface area contributed by atoms with E-state index in [0.717, 1.165) is 28.1 Å². The molecule has 6 nitrogen and oxygen atoms in total. The van der Waals surface area contributed by atoms with Gasteiger partial charge in [-0.15, -0.1) is 0 Å². The van der Waals surface area contributed by atoms with Gasteiger partial charge >= 0.3 is 0 Å². The van der Waals surface area contributed by atoms with E-state index in [1.54, 1.807) is 6.07 Å². The summed E-state index contributed by atoms with van der Waals surface area (Å²) in [6.45, 7) is 1.83. The summed E-state index contributed by atoms with van der Waals surface area (Å²) >= 11 is 1.01. The summed E-state index contributed by atoms with van der Waals surface area (Å²) in [6, 6.07) is 4.40. The predicted octanol–water partition coefficient (Wildman–Crippen LogP) is 2.35. The minimum Gasteiger partial charge on any atom is -0.365 e. The highest BCUT2D eigenvalue weighted by Crippen LogP contribution is 2.24. The molecule has 8 heteroatoms. The van der Waals surface area contributed by atoms with E-state index in [0.29, 0.717) is 10.5 Å². The van der Waals surface area contributed by atoms with Crippen LogP contribution in [-0.2, 0) is 11.2 Å². The van der Waals surface area contributed by atoms with Crippen LogP contribution in [0.1, 0.15) is 20.9 Å². The van der Waals surface area contributed by atoms with Gasteiger partial charge in [-0.25, -0.2) is 9.37 Å². The molecule has 0 radical (unpaired) electrons. The SMILES string of the molecule is Cc1[nH]c2ccc(F)cc2c1CC(=O)Nc1ncc(C(N)=O)s1. The number of hydrogen-bond donors (Lipinski definition) is 3. The number of carbonyl (C=O) groups is 2. The number of nitrogens with two attached hydrogens (primary N) is 1. The molecule has 2 aromatic heterocycles. The molecule has 3 aromatic rings. The normalized spacial score (nSPS) is 10.9. The number of nitrogens with one attached hydrogen (secondary N) is 2. The van der Waals surface area contributed by atoms with Crippen LogP contribution >= 0.6 is 11.3 Å². The molecule has 2 heterocycles. The maximum absolute atomic E-state index is 13.4. The molecule has 0 unspecified atom stereocenters. The Morgan fingerprint density at radius 3 is 2.91 bits per heavy atom. The first kappa shape index (κ1) is 15.2. The molecule has 2 amide bonds. The average molecular weight is 332 g/mol. The number of benzene rings is 1. The first-order valence-corrected chi connectivity index (χ1v) is 7.58. The largest absolute Gasteiger partial charge is 0.365 e. The lowest BCUT2D eigenvalue weighted by Gasteiger charge is -2.02. The third-order valence-corrected chi connectivity index (χ3v) is 4.34. The van der Waals surface area contributed by atoms with E-state index in [1.807, 2.05) is 6.92 Å². The van der Waals surface area contributed by atoms with Gasteiger partial charge in [0, 0.05) is 16.6 Å². The Hall–Kier alpha value is -2.74. The van der Waals surface area contributed by atoms with Crippen LogP contribution in [0.4, 0.5) is 9.52 Å². The van der Waals surface area contributed by atoms with E-state index < -0.39 is 5.91 Å². The van der Waals surface area contributed by atoms with Crippen LogP contribution in [-0.4, -0.2) is 21.8 Å². The molecule has 4 N–H and O–H groups in total. The highest BCUT2D eigenvalue weighted by atomic mass is 32.1. The first-order valence-electron chi connectivity index (χ1n) is 6.76. The molecule has 0 spiro atoms. The van der Waals surface area contributed by atoms with Gasteiger partial charge in [-0.3, -0.25) is 9.59 Å². The third-order valence-electron chi connectivity index (χ3n) is 3.41. The van der Waals surface area contributed by atoms with Crippen LogP contribution in [0.5, 0.6) is 0 Å². The minimum absolute atomic E-state index is 0.0702. The van der Waals surface area contributed by atoms with Gasteiger partial charge in [-0.2, -0.15) is 0 Å². The molecule has 0 aliphatic carbocycles. The van der Waals surface area contributed by atoms with Crippen molar-refractivity contribution in [3.05, 3.63) is 46.3 Å². The number of thiazole rings is 1. The van der Waals surface area contributed by atoms with Gasteiger partial charge in [0.1, 0.15) is 10.7 Å². The lowest BCUT2D eigenvalue weighted by molar-refractivity contribution is -0.115. The minimum atomic E-state index is -0.592. The predicted molar refractivity (Wildman–Crippen MR) is 86.0 cm³/mol. The van der Waals surface area contributed by atoms with E-state index in [1.165, 1.54) is 18.3 Å². The molecule has 0 fully saturated rings. The van der Waals surface area contributed by atoms with Crippen molar-refractivity contribution in [1.82, 2.24) is 9.97 Å². The number of aromatic nitrogens is 2. The van der Waals surface area contributed by atoms with Gasteiger partial charge in [0.25, 0.3) is 5.91 Å².